The van der Waals surface area contributed by atoms with Crippen molar-refractivity contribution in [1.29, 1.82) is 0 Å². The van der Waals surface area contributed by atoms with E-state index < -0.39 is 18.2 Å². The Morgan fingerprint density at radius 1 is 0.500 bits per heavy atom. The molecular formula is C54H99NO5. The largest absolute Gasteiger partial charge is 0.462 e. The molecule has 3 N–H and O–H groups in total. The molecule has 350 valence electrons. The second kappa shape index (κ2) is 47.9. The maximum Gasteiger partial charge on any atom is 0.306 e. The second-order valence-electron chi connectivity index (χ2n) is 17.5. The fourth-order valence-corrected chi connectivity index (χ4v) is 7.73. The van der Waals surface area contributed by atoms with Crippen molar-refractivity contribution < 1.29 is 24.5 Å². The topological polar surface area (TPSA) is 95.9 Å². The van der Waals surface area contributed by atoms with E-state index in [0.717, 1.165) is 83.5 Å². The third-order valence-electron chi connectivity index (χ3n) is 11.6. The lowest BCUT2D eigenvalue weighted by atomic mass is 10.0. The molecule has 0 aliphatic carbocycles. The number of allylic oxidation sites excluding steroid dienone is 8. The number of rotatable bonds is 46. The molecule has 6 heteroatoms. The van der Waals surface area contributed by atoms with Gasteiger partial charge in [-0.25, -0.2) is 0 Å². The highest BCUT2D eigenvalue weighted by Gasteiger charge is 2.24. The summed E-state index contributed by atoms with van der Waals surface area (Å²) in [5.41, 5.74) is 0. The van der Waals surface area contributed by atoms with E-state index in [0.29, 0.717) is 19.3 Å². The number of unbranched alkanes of at least 4 members (excludes halogenated alkanes) is 26. The fraction of sp³-hybridized carbons (Fsp3) is 0.815. The van der Waals surface area contributed by atoms with Gasteiger partial charge in [0.1, 0.15) is 6.10 Å². The van der Waals surface area contributed by atoms with Crippen LogP contribution in [0.3, 0.4) is 0 Å². The van der Waals surface area contributed by atoms with Crippen LogP contribution in [0.15, 0.2) is 48.6 Å². The number of aliphatic hydroxyl groups excluding tert-OH is 2. The zero-order valence-corrected chi connectivity index (χ0v) is 39.8. The maximum atomic E-state index is 13.2. The van der Waals surface area contributed by atoms with Gasteiger partial charge in [0.05, 0.1) is 25.2 Å². The molecule has 0 aliphatic rings. The highest BCUT2D eigenvalue weighted by molar-refractivity contribution is 5.77. The Labute approximate surface area is 372 Å². The molecule has 3 atom stereocenters. The van der Waals surface area contributed by atoms with Crippen LogP contribution in [0.2, 0.25) is 0 Å². The molecule has 1 amide bonds. The molecular weight excluding hydrogens is 743 g/mol. The summed E-state index contributed by atoms with van der Waals surface area (Å²) in [5.74, 6) is -0.518. The Balaban J connectivity index is 4.57. The van der Waals surface area contributed by atoms with Gasteiger partial charge in [-0.1, -0.05) is 211 Å². The maximum absolute atomic E-state index is 13.2. The van der Waals surface area contributed by atoms with Gasteiger partial charge in [-0.3, -0.25) is 9.59 Å². The Hall–Kier alpha value is -2.18. The van der Waals surface area contributed by atoms with Crippen LogP contribution in [0.1, 0.15) is 258 Å². The third kappa shape index (κ3) is 42.5. The molecule has 0 heterocycles. The van der Waals surface area contributed by atoms with Crippen molar-refractivity contribution in [2.75, 3.05) is 6.61 Å². The first-order valence-electron chi connectivity index (χ1n) is 25.9. The zero-order chi connectivity index (χ0) is 43.8. The molecule has 60 heavy (non-hydrogen) atoms. The van der Waals surface area contributed by atoms with Crippen LogP contribution in [0.5, 0.6) is 0 Å². The lowest BCUT2D eigenvalue weighted by Crippen LogP contribution is -2.46. The minimum Gasteiger partial charge on any atom is -0.462 e. The first kappa shape index (κ1) is 57.8. The monoisotopic (exact) mass is 842 g/mol. The number of hydrogen-bond donors (Lipinski definition) is 3. The van der Waals surface area contributed by atoms with E-state index in [9.17, 15) is 19.8 Å². The normalized spacial score (nSPS) is 13.6. The molecule has 0 radical (unpaired) electrons. The van der Waals surface area contributed by atoms with Crippen LogP contribution >= 0.6 is 0 Å². The molecule has 0 aliphatic heterocycles. The smallest absolute Gasteiger partial charge is 0.306 e. The summed E-state index contributed by atoms with van der Waals surface area (Å²) in [5, 5.41) is 23.7. The molecule has 3 unspecified atom stereocenters. The van der Waals surface area contributed by atoms with E-state index in [-0.39, 0.29) is 24.9 Å². The Morgan fingerprint density at radius 2 is 0.900 bits per heavy atom. The van der Waals surface area contributed by atoms with Crippen molar-refractivity contribution in [2.45, 2.75) is 277 Å². The Morgan fingerprint density at radius 3 is 1.40 bits per heavy atom. The van der Waals surface area contributed by atoms with Crippen LogP contribution in [0.4, 0.5) is 0 Å². The fourth-order valence-electron chi connectivity index (χ4n) is 7.73. The van der Waals surface area contributed by atoms with Crippen molar-refractivity contribution in [3.8, 4) is 0 Å². The molecule has 0 rings (SSSR count). The van der Waals surface area contributed by atoms with Gasteiger partial charge in [0.25, 0.3) is 0 Å². The van der Waals surface area contributed by atoms with E-state index in [1.165, 1.54) is 128 Å². The summed E-state index contributed by atoms with van der Waals surface area (Å²) in [4.78, 5) is 26.1. The molecule has 6 nitrogen and oxygen atoms in total. The van der Waals surface area contributed by atoms with Crippen molar-refractivity contribution in [1.82, 2.24) is 5.32 Å². The van der Waals surface area contributed by atoms with E-state index >= 15 is 0 Å². The first-order chi connectivity index (χ1) is 29.5. The van der Waals surface area contributed by atoms with Gasteiger partial charge in [0, 0.05) is 6.42 Å². The summed E-state index contributed by atoms with van der Waals surface area (Å²) < 4.78 is 5.91. The SMILES string of the molecule is CC/C=C/C/C=C/C/C=C/CCCCC(CC(=O)NC(CO)C(O)CCCCCCCCCCCCC)OC(=O)CCCCCCC/C=C/CCCCCCCCCCC. The van der Waals surface area contributed by atoms with Crippen LogP contribution < -0.4 is 5.32 Å². The number of carbonyl (C=O) groups is 2. The van der Waals surface area contributed by atoms with Gasteiger partial charge in [-0.05, 0) is 83.5 Å². The van der Waals surface area contributed by atoms with Crippen molar-refractivity contribution >= 4 is 11.9 Å². The van der Waals surface area contributed by atoms with Gasteiger partial charge in [-0.2, -0.15) is 0 Å². The highest BCUT2D eigenvalue weighted by Crippen LogP contribution is 2.17. The Kier molecular flexibility index (Phi) is 46.1. The summed E-state index contributed by atoms with van der Waals surface area (Å²) >= 11 is 0. The first-order valence-corrected chi connectivity index (χ1v) is 25.9. The number of hydrogen-bond acceptors (Lipinski definition) is 5. The van der Waals surface area contributed by atoms with E-state index in [1.807, 2.05) is 0 Å². The molecule has 0 aromatic heterocycles. The summed E-state index contributed by atoms with van der Waals surface area (Å²) in [6.45, 7) is 6.35. The number of aliphatic hydroxyl groups is 2. The molecule has 0 spiro atoms. The van der Waals surface area contributed by atoms with Crippen LogP contribution in [-0.2, 0) is 14.3 Å². The lowest BCUT2D eigenvalue weighted by molar-refractivity contribution is -0.151. The van der Waals surface area contributed by atoms with Gasteiger partial charge in [0.2, 0.25) is 5.91 Å². The number of carbonyl (C=O) groups excluding carboxylic acids is 2. The van der Waals surface area contributed by atoms with Gasteiger partial charge < -0.3 is 20.3 Å². The van der Waals surface area contributed by atoms with Gasteiger partial charge in [-0.15, -0.1) is 0 Å². The molecule has 0 aromatic rings. The average Bonchev–Trinajstić information content (AvgIpc) is 3.24. The van der Waals surface area contributed by atoms with E-state index in [1.54, 1.807) is 0 Å². The minimum atomic E-state index is -0.798. The summed E-state index contributed by atoms with van der Waals surface area (Å²) in [6, 6.07) is -0.714. The molecule has 0 saturated carbocycles. The van der Waals surface area contributed by atoms with Crippen LogP contribution in [0, 0.1) is 0 Å². The van der Waals surface area contributed by atoms with Crippen LogP contribution in [0.25, 0.3) is 0 Å². The number of nitrogens with one attached hydrogen (secondary N) is 1. The van der Waals surface area contributed by atoms with Crippen molar-refractivity contribution in [3.63, 3.8) is 0 Å². The van der Waals surface area contributed by atoms with Crippen molar-refractivity contribution in [2.24, 2.45) is 0 Å². The number of esters is 1. The molecule has 0 saturated heterocycles. The number of ether oxygens (including phenoxy) is 1. The summed E-state index contributed by atoms with van der Waals surface area (Å²) in [6.07, 6.45) is 57.5. The van der Waals surface area contributed by atoms with Gasteiger partial charge >= 0.3 is 5.97 Å². The number of amides is 1. The lowest BCUT2D eigenvalue weighted by Gasteiger charge is -2.24. The predicted molar refractivity (Wildman–Crippen MR) is 259 cm³/mol. The highest BCUT2D eigenvalue weighted by atomic mass is 16.5. The van der Waals surface area contributed by atoms with E-state index in [4.69, 9.17) is 4.74 Å². The predicted octanol–water partition coefficient (Wildman–Crippen LogP) is 15.5. The zero-order valence-electron chi connectivity index (χ0n) is 39.8. The van der Waals surface area contributed by atoms with Crippen molar-refractivity contribution in [3.05, 3.63) is 48.6 Å². The third-order valence-corrected chi connectivity index (χ3v) is 11.6. The average molecular weight is 842 g/mol. The quantitative estimate of drug-likeness (QED) is 0.0322. The standard InChI is InChI=1S/C54H99NO5/c1-4-7-10-13-16-19-22-24-25-26-27-28-29-32-35-38-41-44-47-54(59)60-50(45-42-39-36-33-31-23-20-17-14-11-8-5-2)48-53(58)55-51(49-56)52(57)46-43-40-37-34-30-21-18-15-12-9-6-3/h8,11,17,20,27-28,31,33,50-52,56-57H,4-7,9-10,12-16,18-19,21-26,29-30,32,34-49H2,1-3H3,(H,55,58)/b11-8+,20-17+,28-27+,33-31+. The molecule has 0 aromatic carbocycles. The Bertz CT molecular complexity index is 1040. The minimum absolute atomic E-state index is 0.0488. The second-order valence-corrected chi connectivity index (χ2v) is 17.5. The van der Waals surface area contributed by atoms with Gasteiger partial charge in [0.15, 0.2) is 0 Å². The molecule has 0 bridgehead atoms. The molecule has 0 fully saturated rings. The van der Waals surface area contributed by atoms with Crippen LogP contribution in [-0.4, -0.2) is 46.9 Å². The van der Waals surface area contributed by atoms with E-state index in [2.05, 4.69) is 74.7 Å². The summed E-state index contributed by atoms with van der Waals surface area (Å²) in [7, 11) is 0.